The second kappa shape index (κ2) is 8.91. The standard InChI is InChI=1S/C22H27N7O3/c1-16-20(18(3)28(24-16)19-7-5-4-6-8-19)13-25-9-11-26(12-10-25)22(30)15-27-14-21(29(31)32)17(2)23-27/h4-8,14H,9-13,15H2,1-3H3. The number of amides is 1. The monoisotopic (exact) mass is 437 g/mol. The molecule has 3 aromatic rings. The molecule has 2 aromatic heterocycles. The molecule has 1 aromatic carbocycles. The molecule has 1 saturated heterocycles. The van der Waals surface area contributed by atoms with Gasteiger partial charge in [0.05, 0.1) is 16.3 Å². The number of carbonyl (C=O) groups is 1. The van der Waals surface area contributed by atoms with E-state index in [1.54, 1.807) is 11.8 Å². The lowest BCUT2D eigenvalue weighted by molar-refractivity contribution is -0.385. The highest BCUT2D eigenvalue weighted by Crippen LogP contribution is 2.20. The highest BCUT2D eigenvalue weighted by molar-refractivity contribution is 5.76. The third kappa shape index (κ3) is 4.40. The SMILES string of the molecule is Cc1nn(CC(=O)N2CCN(Cc3c(C)nn(-c4ccccc4)c3C)CC2)cc1[N+](=O)[O-]. The first kappa shape index (κ1) is 21.7. The third-order valence-corrected chi connectivity index (χ3v) is 5.96. The molecule has 4 rings (SSSR count). The Labute approximate surface area is 186 Å². The fourth-order valence-corrected chi connectivity index (χ4v) is 4.11. The number of rotatable bonds is 6. The van der Waals surface area contributed by atoms with Crippen LogP contribution in [-0.2, 0) is 17.9 Å². The van der Waals surface area contributed by atoms with Crippen molar-refractivity contribution in [3.8, 4) is 5.69 Å². The van der Waals surface area contributed by atoms with E-state index in [1.807, 2.05) is 41.9 Å². The molecule has 32 heavy (non-hydrogen) atoms. The van der Waals surface area contributed by atoms with Crippen LogP contribution in [0.4, 0.5) is 5.69 Å². The molecular weight excluding hydrogens is 410 g/mol. The van der Waals surface area contributed by atoms with Gasteiger partial charge in [0.15, 0.2) is 0 Å². The summed E-state index contributed by atoms with van der Waals surface area (Å²) in [7, 11) is 0. The Hall–Kier alpha value is -3.53. The Morgan fingerprint density at radius 1 is 1.03 bits per heavy atom. The molecular formula is C22H27N7O3. The summed E-state index contributed by atoms with van der Waals surface area (Å²) in [5, 5.41) is 19.8. The van der Waals surface area contributed by atoms with Gasteiger partial charge in [-0.15, -0.1) is 0 Å². The number of benzene rings is 1. The summed E-state index contributed by atoms with van der Waals surface area (Å²) in [6.45, 7) is 9.26. The molecule has 0 bridgehead atoms. The van der Waals surface area contributed by atoms with Crippen LogP contribution >= 0.6 is 0 Å². The highest BCUT2D eigenvalue weighted by Gasteiger charge is 2.24. The van der Waals surface area contributed by atoms with Gasteiger partial charge in [0.25, 0.3) is 0 Å². The fourth-order valence-electron chi connectivity index (χ4n) is 4.11. The molecule has 168 valence electrons. The zero-order valence-electron chi connectivity index (χ0n) is 18.6. The van der Waals surface area contributed by atoms with Crippen LogP contribution in [0.2, 0.25) is 0 Å². The van der Waals surface area contributed by atoms with Crippen LogP contribution in [0.25, 0.3) is 5.69 Å². The number of hydrogen-bond acceptors (Lipinski definition) is 6. The number of aryl methyl sites for hydroxylation is 2. The van der Waals surface area contributed by atoms with E-state index in [0.29, 0.717) is 18.8 Å². The fraction of sp³-hybridized carbons (Fsp3) is 0.409. The van der Waals surface area contributed by atoms with E-state index in [4.69, 9.17) is 5.10 Å². The molecule has 1 amide bonds. The van der Waals surface area contributed by atoms with Crippen molar-refractivity contribution in [1.29, 1.82) is 0 Å². The second-order valence-electron chi connectivity index (χ2n) is 8.11. The van der Waals surface area contributed by atoms with Gasteiger partial charge in [-0.05, 0) is 32.9 Å². The summed E-state index contributed by atoms with van der Waals surface area (Å²) in [6, 6.07) is 10.1. The molecule has 0 saturated carbocycles. The summed E-state index contributed by atoms with van der Waals surface area (Å²) in [5.74, 6) is -0.0775. The summed E-state index contributed by atoms with van der Waals surface area (Å²) < 4.78 is 3.34. The Kier molecular flexibility index (Phi) is 6.04. The van der Waals surface area contributed by atoms with Gasteiger partial charge in [-0.25, -0.2) is 4.68 Å². The average molecular weight is 438 g/mol. The zero-order valence-corrected chi connectivity index (χ0v) is 18.6. The molecule has 1 aliphatic rings. The largest absolute Gasteiger partial charge is 0.339 e. The molecule has 0 N–H and O–H groups in total. The molecule has 10 heteroatoms. The van der Waals surface area contributed by atoms with E-state index < -0.39 is 4.92 Å². The summed E-state index contributed by atoms with van der Waals surface area (Å²) >= 11 is 0. The van der Waals surface area contributed by atoms with E-state index in [9.17, 15) is 14.9 Å². The van der Waals surface area contributed by atoms with Crippen molar-refractivity contribution in [2.75, 3.05) is 26.2 Å². The molecule has 3 heterocycles. The van der Waals surface area contributed by atoms with Crippen LogP contribution in [-0.4, -0.2) is 66.4 Å². The molecule has 1 fully saturated rings. The van der Waals surface area contributed by atoms with Crippen molar-refractivity contribution in [2.45, 2.75) is 33.9 Å². The minimum Gasteiger partial charge on any atom is -0.339 e. The summed E-state index contributed by atoms with van der Waals surface area (Å²) in [5.41, 5.74) is 4.65. The first-order valence-electron chi connectivity index (χ1n) is 10.6. The van der Waals surface area contributed by atoms with Crippen molar-refractivity contribution in [3.05, 3.63) is 69.3 Å². The number of para-hydroxylation sites is 1. The zero-order chi connectivity index (χ0) is 22.8. The van der Waals surface area contributed by atoms with Crippen molar-refractivity contribution in [1.82, 2.24) is 29.4 Å². The number of hydrogen-bond donors (Lipinski definition) is 0. The predicted octanol–water partition coefficient (Wildman–Crippen LogP) is 2.25. The minimum atomic E-state index is -0.480. The van der Waals surface area contributed by atoms with Gasteiger partial charge in [-0.1, -0.05) is 18.2 Å². The van der Waals surface area contributed by atoms with E-state index in [2.05, 4.69) is 16.9 Å². The van der Waals surface area contributed by atoms with Gasteiger partial charge < -0.3 is 4.90 Å². The third-order valence-electron chi connectivity index (χ3n) is 5.96. The Morgan fingerprint density at radius 3 is 2.34 bits per heavy atom. The second-order valence-corrected chi connectivity index (χ2v) is 8.11. The number of nitro groups is 1. The predicted molar refractivity (Wildman–Crippen MR) is 119 cm³/mol. The van der Waals surface area contributed by atoms with Gasteiger partial charge in [-0.3, -0.25) is 24.5 Å². The lowest BCUT2D eigenvalue weighted by Gasteiger charge is -2.34. The van der Waals surface area contributed by atoms with Gasteiger partial charge in [-0.2, -0.15) is 10.2 Å². The smallest absolute Gasteiger partial charge is 0.309 e. The van der Waals surface area contributed by atoms with E-state index >= 15 is 0 Å². The molecule has 0 atom stereocenters. The van der Waals surface area contributed by atoms with E-state index in [0.717, 1.165) is 36.7 Å². The molecule has 0 aliphatic carbocycles. The van der Waals surface area contributed by atoms with Crippen molar-refractivity contribution in [3.63, 3.8) is 0 Å². The topological polar surface area (TPSA) is 102 Å². The summed E-state index contributed by atoms with van der Waals surface area (Å²) in [6.07, 6.45) is 1.32. The van der Waals surface area contributed by atoms with Crippen LogP contribution in [0.15, 0.2) is 36.5 Å². The van der Waals surface area contributed by atoms with Gasteiger partial charge in [0, 0.05) is 44.0 Å². The first-order valence-corrected chi connectivity index (χ1v) is 10.6. The van der Waals surface area contributed by atoms with E-state index in [-0.39, 0.29) is 18.1 Å². The van der Waals surface area contributed by atoms with Crippen LogP contribution in [0.3, 0.4) is 0 Å². The maximum absolute atomic E-state index is 12.7. The number of piperazine rings is 1. The van der Waals surface area contributed by atoms with E-state index in [1.165, 1.54) is 16.4 Å². The average Bonchev–Trinajstić information content (AvgIpc) is 3.29. The number of nitrogens with zero attached hydrogens (tertiary/aromatic N) is 7. The first-order chi connectivity index (χ1) is 15.3. The van der Waals surface area contributed by atoms with Crippen LogP contribution in [0.1, 0.15) is 22.6 Å². The van der Waals surface area contributed by atoms with Gasteiger partial charge in [0.2, 0.25) is 5.91 Å². The minimum absolute atomic E-state index is 0.0107. The normalized spacial score (nSPS) is 14.7. The van der Waals surface area contributed by atoms with Crippen LogP contribution < -0.4 is 0 Å². The van der Waals surface area contributed by atoms with Crippen molar-refractivity contribution in [2.24, 2.45) is 0 Å². The number of aromatic nitrogens is 4. The van der Waals surface area contributed by atoms with Crippen molar-refractivity contribution < 1.29 is 9.72 Å². The Morgan fingerprint density at radius 2 is 1.72 bits per heavy atom. The maximum atomic E-state index is 12.7. The number of carbonyl (C=O) groups excluding carboxylic acids is 1. The molecule has 0 spiro atoms. The Bertz CT molecular complexity index is 1130. The molecule has 10 nitrogen and oxygen atoms in total. The van der Waals surface area contributed by atoms with Crippen LogP contribution in [0, 0.1) is 30.9 Å². The molecule has 1 aliphatic heterocycles. The lowest BCUT2D eigenvalue weighted by Crippen LogP contribution is -2.49. The van der Waals surface area contributed by atoms with Gasteiger partial charge in [0.1, 0.15) is 18.4 Å². The molecule has 0 unspecified atom stereocenters. The molecule has 0 radical (unpaired) electrons. The van der Waals surface area contributed by atoms with Crippen molar-refractivity contribution >= 4 is 11.6 Å². The summed E-state index contributed by atoms with van der Waals surface area (Å²) in [4.78, 5) is 27.3. The lowest BCUT2D eigenvalue weighted by atomic mass is 10.1. The highest BCUT2D eigenvalue weighted by atomic mass is 16.6. The van der Waals surface area contributed by atoms with Crippen LogP contribution in [0.5, 0.6) is 0 Å². The van der Waals surface area contributed by atoms with Gasteiger partial charge >= 0.3 is 5.69 Å². The quantitative estimate of drug-likeness (QED) is 0.433. The Balaban J connectivity index is 1.35. The maximum Gasteiger partial charge on any atom is 0.309 e.